The van der Waals surface area contributed by atoms with Crippen LogP contribution in [0.1, 0.15) is 30.8 Å². The Bertz CT molecular complexity index is 1720. The third-order valence-corrected chi connectivity index (χ3v) is 10.4. The average molecular weight is 554 g/mol. The highest BCUT2D eigenvalue weighted by molar-refractivity contribution is 8.03. The maximum atomic E-state index is 2.45. The molecule has 1 aliphatic heterocycles. The summed E-state index contributed by atoms with van der Waals surface area (Å²) in [6.07, 6.45) is 9.23. The van der Waals surface area contributed by atoms with Gasteiger partial charge in [-0.2, -0.15) is 9.13 Å². The van der Waals surface area contributed by atoms with Crippen molar-refractivity contribution < 1.29 is 9.13 Å². The van der Waals surface area contributed by atoms with Crippen molar-refractivity contribution in [3.05, 3.63) is 106 Å². The number of benzene rings is 3. The Morgan fingerprint density at radius 3 is 2.18 bits per heavy atom. The van der Waals surface area contributed by atoms with E-state index in [0.717, 1.165) is 19.6 Å². The normalized spacial score (nSPS) is 15.0. The van der Waals surface area contributed by atoms with Crippen LogP contribution in [0.25, 0.3) is 32.1 Å². The molecule has 0 unspecified atom stereocenters. The lowest BCUT2D eigenvalue weighted by atomic mass is 10.2. The fourth-order valence-electron chi connectivity index (χ4n) is 5.09. The first kappa shape index (κ1) is 25.1. The third-order valence-electron chi connectivity index (χ3n) is 6.89. The number of fused-ring (bicyclic) bond motifs is 3. The van der Waals surface area contributed by atoms with Crippen molar-refractivity contribution in [1.82, 2.24) is 0 Å². The van der Waals surface area contributed by atoms with Crippen LogP contribution in [0.3, 0.4) is 0 Å². The van der Waals surface area contributed by atoms with Gasteiger partial charge in [-0.15, -0.1) is 0 Å². The van der Waals surface area contributed by atoms with E-state index >= 15 is 0 Å². The zero-order valence-electron chi connectivity index (χ0n) is 21.9. The molecule has 190 valence electrons. The van der Waals surface area contributed by atoms with Gasteiger partial charge in [-0.05, 0) is 63.3 Å². The van der Waals surface area contributed by atoms with Gasteiger partial charge in [-0.25, -0.2) is 0 Å². The highest BCUT2D eigenvalue weighted by Crippen LogP contribution is 2.45. The summed E-state index contributed by atoms with van der Waals surface area (Å²) in [4.78, 5) is 3.74. The monoisotopic (exact) mass is 553 g/mol. The van der Waals surface area contributed by atoms with Crippen LogP contribution in [-0.2, 0) is 13.1 Å². The molecule has 0 radical (unpaired) electrons. The van der Waals surface area contributed by atoms with Gasteiger partial charge in [0.25, 0.3) is 10.0 Å². The topological polar surface area (TPSA) is 11.0 Å². The highest BCUT2D eigenvalue weighted by atomic mass is 32.2. The van der Waals surface area contributed by atoms with Gasteiger partial charge in [0.15, 0.2) is 0 Å². The third kappa shape index (κ3) is 4.51. The predicted molar refractivity (Wildman–Crippen MR) is 166 cm³/mol. The number of thiazole rings is 2. The van der Waals surface area contributed by atoms with Crippen molar-refractivity contribution in [2.45, 2.75) is 38.8 Å². The standard InChI is InChI=1S/C32H31N3S3/c1-4-33-24-13-7-10-16-27(24)36-30(33)21-19-23(32-35(6-3)26-15-9-12-18-29(26)38-32)20-22-31-34(5-2)25-14-8-11-17-28(25)37-31/h7-22H,4-6H2,1-3H3/q+2. The van der Waals surface area contributed by atoms with E-state index in [4.69, 9.17) is 0 Å². The molecule has 3 aromatic carbocycles. The first-order chi connectivity index (χ1) is 18.7. The van der Waals surface area contributed by atoms with Crippen LogP contribution in [0.5, 0.6) is 0 Å². The first-order valence-electron chi connectivity index (χ1n) is 13.2. The Balaban J connectivity index is 1.48. The molecule has 0 atom stereocenters. The summed E-state index contributed by atoms with van der Waals surface area (Å²) in [6.45, 7) is 9.52. The number of aryl methyl sites for hydroxylation is 2. The summed E-state index contributed by atoms with van der Waals surface area (Å²) in [5.41, 5.74) is 5.13. The highest BCUT2D eigenvalue weighted by Gasteiger charge is 2.25. The second kappa shape index (κ2) is 10.9. The van der Waals surface area contributed by atoms with Gasteiger partial charge in [0.05, 0.1) is 16.3 Å². The quantitative estimate of drug-likeness (QED) is 0.148. The van der Waals surface area contributed by atoms with Gasteiger partial charge in [0, 0.05) is 29.6 Å². The van der Waals surface area contributed by atoms with E-state index in [1.54, 1.807) is 0 Å². The summed E-state index contributed by atoms with van der Waals surface area (Å²) in [7, 11) is 0. The van der Waals surface area contributed by atoms with Crippen LogP contribution in [0.2, 0.25) is 0 Å². The van der Waals surface area contributed by atoms with Crippen LogP contribution >= 0.6 is 34.4 Å². The molecule has 6 rings (SSSR count). The molecule has 6 heteroatoms. The summed E-state index contributed by atoms with van der Waals surface area (Å²) >= 11 is 5.59. The van der Waals surface area contributed by atoms with E-state index in [0.29, 0.717) is 0 Å². The second-order valence-corrected chi connectivity index (χ2v) is 12.2. The van der Waals surface area contributed by atoms with Gasteiger partial charge in [0.2, 0.25) is 11.0 Å². The van der Waals surface area contributed by atoms with Gasteiger partial charge in [0.1, 0.15) is 22.5 Å². The Morgan fingerprint density at radius 2 is 1.45 bits per heavy atom. The van der Waals surface area contributed by atoms with Crippen LogP contribution in [-0.4, -0.2) is 6.54 Å². The molecule has 5 aromatic rings. The summed E-state index contributed by atoms with van der Waals surface area (Å²) in [5, 5.41) is 3.83. The second-order valence-electron chi connectivity index (χ2n) is 9.05. The first-order valence-corrected chi connectivity index (χ1v) is 15.6. The number of aromatic nitrogens is 2. The van der Waals surface area contributed by atoms with Gasteiger partial charge in [-0.3, -0.25) is 0 Å². The molecule has 0 bridgehead atoms. The molecule has 0 aliphatic carbocycles. The van der Waals surface area contributed by atoms with Gasteiger partial charge >= 0.3 is 0 Å². The van der Waals surface area contributed by atoms with E-state index in [2.05, 4.69) is 132 Å². The van der Waals surface area contributed by atoms with E-state index in [-0.39, 0.29) is 0 Å². The molecule has 0 saturated carbocycles. The minimum atomic E-state index is 0.931. The molecular formula is C32H31N3S3+2. The number of thioether (sulfide) groups is 1. The number of para-hydroxylation sites is 3. The van der Waals surface area contributed by atoms with E-state index < -0.39 is 0 Å². The molecule has 0 spiro atoms. The molecule has 0 fully saturated rings. The maximum absolute atomic E-state index is 2.45. The molecular weight excluding hydrogens is 523 g/mol. The Morgan fingerprint density at radius 1 is 0.789 bits per heavy atom. The molecule has 3 nitrogen and oxygen atoms in total. The number of anilines is 1. The van der Waals surface area contributed by atoms with Crippen LogP contribution < -0.4 is 14.0 Å². The maximum Gasteiger partial charge on any atom is 0.270 e. The van der Waals surface area contributed by atoms with Crippen LogP contribution in [0, 0.1) is 0 Å². The number of hydrogen-bond acceptors (Lipinski definition) is 4. The smallest absolute Gasteiger partial charge is 0.270 e. The van der Waals surface area contributed by atoms with Crippen molar-refractivity contribution in [2.75, 3.05) is 11.4 Å². The lowest BCUT2D eigenvalue weighted by molar-refractivity contribution is -0.665. The lowest BCUT2D eigenvalue weighted by Crippen LogP contribution is -2.34. The minimum absolute atomic E-state index is 0.931. The average Bonchev–Trinajstić information content (AvgIpc) is 3.63. The zero-order valence-corrected chi connectivity index (χ0v) is 24.4. The number of nitrogens with zero attached hydrogens (tertiary/aromatic N) is 3. The van der Waals surface area contributed by atoms with E-state index in [1.165, 1.54) is 51.6 Å². The molecule has 0 saturated heterocycles. The number of hydrogen-bond donors (Lipinski definition) is 0. The number of rotatable bonds is 7. The van der Waals surface area contributed by atoms with E-state index in [9.17, 15) is 0 Å². The lowest BCUT2D eigenvalue weighted by Gasteiger charge is -2.17. The number of allylic oxidation sites excluding steroid dienone is 4. The molecule has 1 aliphatic rings. The van der Waals surface area contributed by atoms with Crippen molar-refractivity contribution >= 4 is 72.2 Å². The minimum Gasteiger partial charge on any atom is -0.335 e. The molecule has 2 aromatic heterocycles. The Hall–Kier alpha value is -3.19. The molecule has 0 amide bonds. The molecule has 3 heterocycles. The summed E-state index contributed by atoms with van der Waals surface area (Å²) in [6, 6.07) is 26.1. The zero-order chi connectivity index (χ0) is 26.1. The Kier molecular flexibility index (Phi) is 7.20. The summed E-state index contributed by atoms with van der Waals surface area (Å²) < 4.78 is 7.50. The predicted octanol–water partition coefficient (Wildman–Crippen LogP) is 8.30. The van der Waals surface area contributed by atoms with Gasteiger partial charge in [-0.1, -0.05) is 70.8 Å². The van der Waals surface area contributed by atoms with Crippen LogP contribution in [0.4, 0.5) is 5.69 Å². The van der Waals surface area contributed by atoms with E-state index in [1.807, 2.05) is 34.4 Å². The van der Waals surface area contributed by atoms with Crippen molar-refractivity contribution in [3.63, 3.8) is 0 Å². The Labute approximate surface area is 236 Å². The SMILES string of the molecule is CCN1/C(=C/C=C(/C=C/c2sc3ccccc3[n+]2CC)c2sc3ccccc3[n+]2CC)Sc2ccccc21. The molecule has 38 heavy (non-hydrogen) atoms. The van der Waals surface area contributed by atoms with Crippen molar-refractivity contribution in [1.29, 1.82) is 0 Å². The van der Waals surface area contributed by atoms with Crippen molar-refractivity contribution in [2.24, 2.45) is 0 Å². The fourth-order valence-corrected chi connectivity index (χ4v) is 8.58. The largest absolute Gasteiger partial charge is 0.335 e. The fraction of sp³-hybridized carbons (Fsp3) is 0.188. The van der Waals surface area contributed by atoms with Crippen molar-refractivity contribution in [3.8, 4) is 0 Å². The summed E-state index contributed by atoms with van der Waals surface area (Å²) in [5.74, 6) is 0. The van der Waals surface area contributed by atoms with Gasteiger partial charge < -0.3 is 4.90 Å². The van der Waals surface area contributed by atoms with Crippen LogP contribution in [0.15, 0.2) is 101 Å². The molecule has 0 N–H and O–H groups in total.